The summed E-state index contributed by atoms with van der Waals surface area (Å²) >= 11 is 0. The number of nitrogens with zero attached hydrogens (tertiary/aromatic N) is 1. The third-order valence-corrected chi connectivity index (χ3v) is 14.4. The molecule has 8 aromatic rings. The van der Waals surface area contributed by atoms with Crippen molar-refractivity contribution in [3.63, 3.8) is 0 Å². The lowest BCUT2D eigenvalue weighted by atomic mass is 9.76. The van der Waals surface area contributed by atoms with Gasteiger partial charge in [-0.25, -0.2) is 0 Å². The summed E-state index contributed by atoms with van der Waals surface area (Å²) in [4.78, 5) is 0. The van der Waals surface area contributed by atoms with Crippen LogP contribution in [-0.4, -0.2) is 0 Å². The Balaban J connectivity index is 0.931. The lowest BCUT2D eigenvalue weighted by Gasteiger charge is -2.34. The van der Waals surface area contributed by atoms with Gasteiger partial charge < -0.3 is 0 Å². The Kier molecular flexibility index (Phi) is 10.4. The van der Waals surface area contributed by atoms with E-state index in [9.17, 15) is 0 Å². The van der Waals surface area contributed by atoms with E-state index in [0.29, 0.717) is 0 Å². The number of fused-ring (bicyclic) bond motifs is 8. The van der Waals surface area contributed by atoms with Crippen molar-refractivity contribution in [3.05, 3.63) is 210 Å². The molecule has 0 spiro atoms. The number of hydrogen-bond acceptors (Lipinski definition) is 0. The molecule has 1 atom stereocenters. The topological polar surface area (TPSA) is 3.88 Å². The number of aromatic nitrogens is 1. The van der Waals surface area contributed by atoms with Crippen LogP contribution < -0.4 is 4.57 Å². The van der Waals surface area contributed by atoms with E-state index in [1.165, 1.54) is 132 Å². The van der Waals surface area contributed by atoms with Crippen molar-refractivity contribution >= 4 is 10.8 Å². The number of unbranched alkanes of at least 4 members (excludes halogenated alkanes) is 3. The molecule has 1 aromatic heterocycles. The van der Waals surface area contributed by atoms with Crippen molar-refractivity contribution < 1.29 is 4.57 Å². The summed E-state index contributed by atoms with van der Waals surface area (Å²) in [6, 6.07) is 61.6. The number of hydrogen-bond donors (Lipinski definition) is 0. The predicted molar refractivity (Wildman–Crippen MR) is 263 cm³/mol. The molecule has 0 N–H and O–H groups in total. The molecule has 0 radical (unpaired) electrons. The zero-order chi connectivity index (χ0) is 42.4. The Morgan fingerprint density at radius 1 is 0.532 bits per heavy atom. The standard InChI is InChI=1S/C61H58N/c1-6-42(2)61(5)40-52-38-55-57(60(3,4)56-33-31-45-24-14-15-30-53(45)59(55)56)39-54(52)58-34-32-51(41-62(58)61)50-29-18-28-49(37-50)48-27-17-26-47(36-48)46-25-16-23-44(35-46)22-11-8-7-10-19-43-20-12-9-13-21-43/h9,12-18,20-21,23-39,41H,2,6-8,10-11,19,22,40H2,1,3-5H3/q+1. The third kappa shape index (κ3) is 7.12. The Morgan fingerprint density at radius 2 is 1.15 bits per heavy atom. The molecule has 1 nitrogen and oxygen atoms in total. The Bertz CT molecular complexity index is 2980. The maximum atomic E-state index is 4.72. The van der Waals surface area contributed by atoms with Gasteiger partial charge in [-0.15, -0.1) is 0 Å². The van der Waals surface area contributed by atoms with Gasteiger partial charge in [-0.3, -0.25) is 0 Å². The van der Waals surface area contributed by atoms with Crippen molar-refractivity contribution in [1.82, 2.24) is 0 Å². The van der Waals surface area contributed by atoms with Crippen molar-refractivity contribution in [2.24, 2.45) is 0 Å². The molecule has 0 saturated heterocycles. The summed E-state index contributed by atoms with van der Waals surface area (Å²) in [6.45, 7) is 14.2. The van der Waals surface area contributed by atoms with E-state index in [-0.39, 0.29) is 11.0 Å². The molecule has 0 amide bonds. The molecule has 1 unspecified atom stereocenters. The van der Waals surface area contributed by atoms with Crippen LogP contribution in [0.25, 0.3) is 66.5 Å². The largest absolute Gasteiger partial charge is 0.213 e. The minimum atomic E-state index is -0.264. The second kappa shape index (κ2) is 16.2. The van der Waals surface area contributed by atoms with E-state index in [4.69, 9.17) is 6.58 Å². The van der Waals surface area contributed by atoms with Crippen LogP contribution in [0.4, 0.5) is 0 Å². The average Bonchev–Trinajstić information content (AvgIpc) is 3.54. The minimum Gasteiger partial charge on any atom is -0.188 e. The Hall–Kier alpha value is -6.31. The molecule has 0 bridgehead atoms. The normalized spacial score (nSPS) is 15.7. The van der Waals surface area contributed by atoms with Gasteiger partial charge in [0.1, 0.15) is 0 Å². The summed E-state index contributed by atoms with van der Waals surface area (Å²) in [5.41, 5.74) is 20.9. The number of aryl methyl sites for hydroxylation is 2. The van der Waals surface area contributed by atoms with Gasteiger partial charge in [-0.2, -0.15) is 4.57 Å². The van der Waals surface area contributed by atoms with Crippen molar-refractivity contribution in [2.75, 3.05) is 0 Å². The van der Waals surface area contributed by atoms with Crippen LogP contribution >= 0.6 is 0 Å². The van der Waals surface area contributed by atoms with Gasteiger partial charge in [-0.05, 0) is 146 Å². The first-order chi connectivity index (χ1) is 30.2. The average molecular weight is 805 g/mol. The molecule has 0 saturated carbocycles. The second-order valence-electron chi connectivity index (χ2n) is 18.7. The van der Waals surface area contributed by atoms with Crippen molar-refractivity contribution in [3.8, 4) is 55.8 Å². The quantitative estimate of drug-likeness (QED) is 0.0658. The number of pyridine rings is 1. The molecule has 2 heterocycles. The molecular weight excluding hydrogens is 747 g/mol. The van der Waals surface area contributed by atoms with Gasteiger partial charge in [0.25, 0.3) is 0 Å². The molecule has 2 aliphatic rings. The van der Waals surface area contributed by atoms with Crippen LogP contribution in [0.3, 0.4) is 0 Å². The molecule has 1 aliphatic carbocycles. The van der Waals surface area contributed by atoms with Crippen LogP contribution in [0.2, 0.25) is 0 Å². The number of benzene rings is 7. The summed E-state index contributed by atoms with van der Waals surface area (Å²) in [7, 11) is 0. The van der Waals surface area contributed by atoms with Crippen LogP contribution in [0, 0.1) is 0 Å². The van der Waals surface area contributed by atoms with Gasteiger partial charge in [0.2, 0.25) is 5.69 Å². The SMILES string of the molecule is C=C(CC)C1(C)Cc2cc3c(cc2-c2ccc(-c4cccc(-c5cccc(-c6cccc(CCCCCCc7ccccc7)c6)c5)c4)c[n+]21)C(C)(C)c1ccc2ccccc2c1-3. The van der Waals surface area contributed by atoms with Gasteiger partial charge in [0, 0.05) is 36.0 Å². The second-order valence-corrected chi connectivity index (χ2v) is 18.7. The first-order valence-electron chi connectivity index (χ1n) is 23.0. The fourth-order valence-corrected chi connectivity index (χ4v) is 10.7. The fourth-order valence-electron chi connectivity index (χ4n) is 10.7. The summed E-state index contributed by atoms with van der Waals surface area (Å²) in [5, 5.41) is 2.65. The first-order valence-corrected chi connectivity index (χ1v) is 23.0. The lowest BCUT2D eigenvalue weighted by molar-refractivity contribution is -0.743. The highest BCUT2D eigenvalue weighted by atomic mass is 15.1. The first kappa shape index (κ1) is 39.8. The summed E-state index contributed by atoms with van der Waals surface area (Å²) in [6.07, 6.45) is 11.6. The Morgan fingerprint density at radius 3 is 1.85 bits per heavy atom. The molecule has 1 aliphatic heterocycles. The van der Waals surface area contributed by atoms with E-state index in [0.717, 1.165) is 19.3 Å². The van der Waals surface area contributed by atoms with E-state index in [1.54, 1.807) is 0 Å². The molecule has 7 aromatic carbocycles. The van der Waals surface area contributed by atoms with Crippen LogP contribution in [0.5, 0.6) is 0 Å². The zero-order valence-electron chi connectivity index (χ0n) is 37.0. The van der Waals surface area contributed by atoms with Crippen molar-refractivity contribution in [2.45, 2.75) is 90.0 Å². The van der Waals surface area contributed by atoms with Gasteiger partial charge in [0.05, 0.1) is 0 Å². The van der Waals surface area contributed by atoms with E-state index < -0.39 is 0 Å². The molecular formula is C61H58N+. The third-order valence-electron chi connectivity index (χ3n) is 14.4. The Labute approximate surface area is 369 Å². The smallest absolute Gasteiger partial charge is 0.188 e. The maximum absolute atomic E-state index is 4.72. The summed E-state index contributed by atoms with van der Waals surface area (Å²) < 4.78 is 2.55. The zero-order valence-corrected chi connectivity index (χ0v) is 37.0. The van der Waals surface area contributed by atoms with E-state index >= 15 is 0 Å². The minimum absolute atomic E-state index is 0.0917. The molecule has 0 fully saturated rings. The monoisotopic (exact) mass is 804 g/mol. The molecule has 10 rings (SSSR count). The van der Waals surface area contributed by atoms with Crippen LogP contribution in [0.1, 0.15) is 87.6 Å². The molecule has 306 valence electrons. The van der Waals surface area contributed by atoms with Crippen LogP contribution in [-0.2, 0) is 30.2 Å². The van der Waals surface area contributed by atoms with Crippen LogP contribution in [0.15, 0.2) is 182 Å². The number of rotatable bonds is 12. The fraction of sp³-hybridized carbons (Fsp3) is 0.230. The van der Waals surface area contributed by atoms with E-state index in [1.807, 2.05) is 0 Å². The highest BCUT2D eigenvalue weighted by Gasteiger charge is 2.46. The van der Waals surface area contributed by atoms with Gasteiger partial charge in [0.15, 0.2) is 11.7 Å². The molecule has 1 heteroatoms. The summed E-state index contributed by atoms with van der Waals surface area (Å²) in [5.74, 6) is 0. The van der Waals surface area contributed by atoms with Crippen molar-refractivity contribution in [1.29, 1.82) is 0 Å². The highest BCUT2D eigenvalue weighted by molar-refractivity contribution is 6.03. The van der Waals surface area contributed by atoms with Gasteiger partial charge in [-0.1, -0.05) is 168 Å². The lowest BCUT2D eigenvalue weighted by Crippen LogP contribution is -2.59. The van der Waals surface area contributed by atoms with Gasteiger partial charge >= 0.3 is 0 Å². The predicted octanol–water partition coefficient (Wildman–Crippen LogP) is 15.7. The van der Waals surface area contributed by atoms with E-state index in [2.05, 4.69) is 202 Å². The number of allylic oxidation sites excluding steroid dienone is 1. The molecule has 62 heavy (non-hydrogen) atoms. The highest BCUT2D eigenvalue weighted by Crippen LogP contribution is 2.54. The maximum Gasteiger partial charge on any atom is 0.213 e.